The monoisotopic (exact) mass is 472 g/mol. The molecule has 2 heterocycles. The van der Waals surface area contributed by atoms with Crippen LogP contribution in [-0.2, 0) is 0 Å². The van der Waals surface area contributed by atoms with Gasteiger partial charge in [-0.2, -0.15) is 23.5 Å². The van der Waals surface area contributed by atoms with Crippen LogP contribution in [0, 0.1) is 11.8 Å². The van der Waals surface area contributed by atoms with E-state index in [-0.39, 0.29) is 0 Å². The quantitative estimate of drug-likeness (QED) is 0.531. The Kier molecular flexibility index (Phi) is 9.97. The van der Waals surface area contributed by atoms with Gasteiger partial charge < -0.3 is 10.2 Å². The fourth-order valence-electron chi connectivity index (χ4n) is 4.33. The first-order valence-electron chi connectivity index (χ1n) is 9.51. The molecule has 2 aliphatic heterocycles. The zero-order valence-electron chi connectivity index (χ0n) is 15.6. The summed E-state index contributed by atoms with van der Waals surface area (Å²) in [5.74, 6) is 3.93. The van der Waals surface area contributed by atoms with Crippen molar-refractivity contribution in [1.82, 2.24) is 0 Å². The zero-order valence-corrected chi connectivity index (χ0v) is 20.5. The first-order valence-corrected chi connectivity index (χ1v) is 16.1. The highest BCUT2D eigenvalue weighted by Gasteiger charge is 2.41. The van der Waals surface area contributed by atoms with Crippen LogP contribution in [0.4, 0.5) is 0 Å². The van der Waals surface area contributed by atoms with Crippen LogP contribution in [-0.4, -0.2) is 77.6 Å². The Bertz CT molecular complexity index is 382. The van der Waals surface area contributed by atoms with Crippen molar-refractivity contribution in [2.24, 2.45) is 11.8 Å². The fourth-order valence-corrected chi connectivity index (χ4v) is 14.9. The number of aliphatic hydroxyl groups excluding tert-OH is 2. The molecule has 0 aromatic carbocycles. The second kappa shape index (κ2) is 11.4. The lowest BCUT2D eigenvalue weighted by Gasteiger charge is -2.39. The maximum atomic E-state index is 9.45. The first kappa shape index (κ1) is 22.7. The molecule has 2 saturated heterocycles. The summed E-state index contributed by atoms with van der Waals surface area (Å²) in [6, 6.07) is 0. The van der Waals surface area contributed by atoms with Crippen molar-refractivity contribution < 1.29 is 10.2 Å². The van der Waals surface area contributed by atoms with Crippen LogP contribution in [0.1, 0.15) is 25.7 Å². The van der Waals surface area contributed by atoms with Gasteiger partial charge in [0, 0.05) is 32.5 Å². The van der Waals surface area contributed by atoms with E-state index in [4.69, 9.17) is 0 Å². The molecule has 1 aliphatic carbocycles. The molecule has 2 nitrogen and oxygen atoms in total. The second-order valence-electron chi connectivity index (χ2n) is 7.36. The number of rotatable bonds is 8. The second-order valence-corrected chi connectivity index (χ2v) is 15.2. The Hall–Kier alpha value is 2.02. The third-order valence-electron chi connectivity index (χ3n) is 5.78. The molecule has 0 aromatic rings. The molecule has 2 N–H and O–H groups in total. The van der Waals surface area contributed by atoms with Gasteiger partial charge in [-0.1, -0.05) is 0 Å². The van der Waals surface area contributed by atoms with Gasteiger partial charge in [-0.15, -0.1) is 47.0 Å². The SMILES string of the molecule is CSC(C1CCC(C(SC)C2SCC(CO)S2)CC1)C1SCC(CO)S1. The van der Waals surface area contributed by atoms with E-state index in [1.165, 1.54) is 25.7 Å². The molecule has 3 rings (SSSR count). The lowest BCUT2D eigenvalue weighted by Crippen LogP contribution is -2.34. The van der Waals surface area contributed by atoms with Crippen LogP contribution < -0.4 is 0 Å². The Balaban J connectivity index is 1.51. The van der Waals surface area contributed by atoms with Crippen molar-refractivity contribution in [3.05, 3.63) is 0 Å². The molecule has 152 valence electrons. The van der Waals surface area contributed by atoms with Gasteiger partial charge >= 0.3 is 0 Å². The molecular weight excluding hydrogens is 441 g/mol. The molecule has 6 atom stereocenters. The van der Waals surface area contributed by atoms with Crippen LogP contribution in [0.2, 0.25) is 0 Å². The summed E-state index contributed by atoms with van der Waals surface area (Å²) in [5.41, 5.74) is 0. The molecule has 0 spiro atoms. The van der Waals surface area contributed by atoms with Crippen molar-refractivity contribution in [3.63, 3.8) is 0 Å². The van der Waals surface area contributed by atoms with Gasteiger partial charge in [0.15, 0.2) is 0 Å². The first-order chi connectivity index (χ1) is 12.7. The van der Waals surface area contributed by atoms with Crippen LogP contribution >= 0.6 is 70.6 Å². The highest BCUT2D eigenvalue weighted by Crippen LogP contribution is 2.51. The largest absolute Gasteiger partial charge is 0.395 e. The minimum Gasteiger partial charge on any atom is -0.395 e. The summed E-state index contributed by atoms with van der Waals surface area (Å²) in [7, 11) is 0. The highest BCUT2D eigenvalue weighted by atomic mass is 32.2. The average Bonchev–Trinajstić information content (AvgIpc) is 3.34. The van der Waals surface area contributed by atoms with Crippen molar-refractivity contribution in [1.29, 1.82) is 0 Å². The molecule has 3 fully saturated rings. The van der Waals surface area contributed by atoms with Gasteiger partial charge in [0.05, 0.1) is 22.4 Å². The molecule has 1 saturated carbocycles. The Morgan fingerprint density at radius 1 is 0.769 bits per heavy atom. The molecular formula is C18H32O2S6. The minimum absolute atomic E-state index is 0.336. The summed E-state index contributed by atoms with van der Waals surface area (Å²) in [4.78, 5) is 0. The van der Waals surface area contributed by atoms with Crippen molar-refractivity contribution >= 4 is 70.6 Å². The normalized spacial score (nSPS) is 40.6. The molecule has 6 unspecified atom stereocenters. The van der Waals surface area contributed by atoms with Gasteiger partial charge in [0.25, 0.3) is 0 Å². The van der Waals surface area contributed by atoms with Crippen molar-refractivity contribution in [3.8, 4) is 0 Å². The maximum absolute atomic E-state index is 9.45. The summed E-state index contributed by atoms with van der Waals surface area (Å²) in [6.45, 7) is 0.673. The van der Waals surface area contributed by atoms with Gasteiger partial charge in [-0.3, -0.25) is 0 Å². The van der Waals surface area contributed by atoms with E-state index in [9.17, 15) is 10.2 Å². The van der Waals surface area contributed by atoms with Gasteiger partial charge in [0.2, 0.25) is 0 Å². The predicted molar refractivity (Wildman–Crippen MR) is 129 cm³/mol. The van der Waals surface area contributed by atoms with Crippen LogP contribution in [0.3, 0.4) is 0 Å². The third-order valence-corrected chi connectivity index (χ3v) is 15.7. The number of hydrogen-bond donors (Lipinski definition) is 2. The lowest BCUT2D eigenvalue weighted by molar-refractivity contribution is 0.272. The van der Waals surface area contributed by atoms with Gasteiger partial charge in [-0.05, 0) is 50.0 Å². The Labute approximate surface area is 184 Å². The number of aliphatic hydroxyl groups is 2. The van der Waals surface area contributed by atoms with Crippen LogP contribution in [0.25, 0.3) is 0 Å². The Morgan fingerprint density at radius 2 is 1.15 bits per heavy atom. The van der Waals surface area contributed by atoms with Crippen LogP contribution in [0.15, 0.2) is 0 Å². The smallest absolute Gasteiger partial charge is 0.0627 e. The zero-order chi connectivity index (χ0) is 18.5. The van der Waals surface area contributed by atoms with E-state index < -0.39 is 0 Å². The number of hydrogen-bond acceptors (Lipinski definition) is 8. The summed E-state index contributed by atoms with van der Waals surface area (Å²) in [5, 5.41) is 21.3. The minimum atomic E-state index is 0.336. The molecule has 8 heteroatoms. The van der Waals surface area contributed by atoms with E-state index in [0.717, 1.165) is 33.8 Å². The van der Waals surface area contributed by atoms with Gasteiger partial charge in [0.1, 0.15) is 0 Å². The van der Waals surface area contributed by atoms with E-state index in [1.807, 2.05) is 23.5 Å². The third kappa shape index (κ3) is 5.58. The Morgan fingerprint density at radius 3 is 1.42 bits per heavy atom. The maximum Gasteiger partial charge on any atom is 0.0627 e. The topological polar surface area (TPSA) is 40.5 Å². The van der Waals surface area contributed by atoms with E-state index in [1.54, 1.807) is 0 Å². The standard InChI is InChI=1S/C18H32O2S6/c1-21-15(17-23-9-13(7-19)25-17)11-3-5-12(6-4-11)16(22-2)18-24-10-14(8-20)26-18/h11-20H,3-10H2,1-2H3. The van der Waals surface area contributed by atoms with Crippen molar-refractivity contribution in [2.45, 2.75) is 55.8 Å². The van der Waals surface area contributed by atoms with Crippen LogP contribution in [0.5, 0.6) is 0 Å². The van der Waals surface area contributed by atoms with E-state index in [2.05, 4.69) is 59.6 Å². The number of thioether (sulfide) groups is 6. The van der Waals surface area contributed by atoms with E-state index in [0.29, 0.717) is 32.9 Å². The average molecular weight is 473 g/mol. The fraction of sp³-hybridized carbons (Fsp3) is 1.00. The highest BCUT2D eigenvalue weighted by molar-refractivity contribution is 8.22. The lowest BCUT2D eigenvalue weighted by atomic mass is 9.79. The molecule has 0 radical (unpaired) electrons. The summed E-state index contributed by atoms with van der Waals surface area (Å²) < 4.78 is 1.35. The molecule has 0 amide bonds. The molecule has 0 aromatic heterocycles. The molecule has 0 bridgehead atoms. The van der Waals surface area contributed by atoms with Crippen molar-refractivity contribution in [2.75, 3.05) is 37.2 Å². The summed E-state index contributed by atoms with van der Waals surface area (Å²) >= 11 is 12.4. The van der Waals surface area contributed by atoms with E-state index >= 15 is 0 Å². The summed E-state index contributed by atoms with van der Waals surface area (Å²) in [6.07, 6.45) is 10.1. The molecule has 3 aliphatic rings. The van der Waals surface area contributed by atoms with Gasteiger partial charge in [-0.25, -0.2) is 0 Å². The molecule has 26 heavy (non-hydrogen) atoms. The predicted octanol–water partition coefficient (Wildman–Crippen LogP) is 4.59.